The summed E-state index contributed by atoms with van der Waals surface area (Å²) in [6.07, 6.45) is 0. The molecule has 0 saturated carbocycles. The van der Waals surface area contributed by atoms with Gasteiger partial charge in [-0.3, -0.25) is 0 Å². The van der Waals surface area contributed by atoms with Crippen LogP contribution in [0.5, 0.6) is 5.75 Å². The predicted molar refractivity (Wildman–Crippen MR) is 59.8 cm³/mol. The minimum Gasteiger partial charge on any atom is -0.494 e. The van der Waals surface area contributed by atoms with Crippen LogP contribution in [0.1, 0.15) is 12.5 Å². The van der Waals surface area contributed by atoms with E-state index in [1.807, 2.05) is 32.0 Å². The number of ether oxygens (including phenoxy) is 1. The Labute approximate surface area is 91.0 Å². The van der Waals surface area contributed by atoms with E-state index in [-0.39, 0.29) is 0 Å². The molecular formula is C11H11BrO2. The maximum atomic E-state index is 5.49. The normalized spacial score (nSPS) is 10.8. The highest BCUT2D eigenvalue weighted by Gasteiger charge is 2.08. The first kappa shape index (κ1) is 9.59. The van der Waals surface area contributed by atoms with Crippen molar-refractivity contribution in [3.8, 4) is 5.75 Å². The number of aryl methyl sites for hydroxylation is 1. The third kappa shape index (κ3) is 1.52. The van der Waals surface area contributed by atoms with Crippen molar-refractivity contribution in [2.24, 2.45) is 0 Å². The van der Waals surface area contributed by atoms with Gasteiger partial charge in [0.15, 0.2) is 4.67 Å². The van der Waals surface area contributed by atoms with Crippen LogP contribution in [0, 0.1) is 6.92 Å². The van der Waals surface area contributed by atoms with Crippen molar-refractivity contribution in [3.63, 3.8) is 0 Å². The third-order valence-corrected chi connectivity index (χ3v) is 2.92. The number of hydrogen-bond acceptors (Lipinski definition) is 2. The molecule has 0 bridgehead atoms. The van der Waals surface area contributed by atoms with E-state index in [1.54, 1.807) is 0 Å². The van der Waals surface area contributed by atoms with E-state index in [9.17, 15) is 0 Å². The molecule has 0 N–H and O–H groups in total. The first-order valence-electron chi connectivity index (χ1n) is 4.54. The predicted octanol–water partition coefficient (Wildman–Crippen LogP) is 3.90. The second-order valence-electron chi connectivity index (χ2n) is 3.09. The van der Waals surface area contributed by atoms with Crippen molar-refractivity contribution < 1.29 is 9.15 Å². The lowest BCUT2D eigenvalue weighted by atomic mass is 10.2. The van der Waals surface area contributed by atoms with Gasteiger partial charge in [0.1, 0.15) is 11.3 Å². The SMILES string of the molecule is CCOc1ccc2oc(Br)c(C)c2c1. The Balaban J connectivity index is 2.58. The van der Waals surface area contributed by atoms with E-state index in [0.717, 1.165) is 27.0 Å². The number of hydrogen-bond donors (Lipinski definition) is 0. The zero-order valence-corrected chi connectivity index (χ0v) is 9.72. The zero-order chi connectivity index (χ0) is 10.1. The fourth-order valence-electron chi connectivity index (χ4n) is 1.43. The summed E-state index contributed by atoms with van der Waals surface area (Å²) in [6.45, 7) is 4.68. The van der Waals surface area contributed by atoms with Gasteiger partial charge in [-0.2, -0.15) is 0 Å². The average molecular weight is 255 g/mol. The summed E-state index contributed by atoms with van der Waals surface area (Å²) < 4.78 is 11.7. The Morgan fingerprint density at radius 2 is 2.21 bits per heavy atom. The summed E-state index contributed by atoms with van der Waals surface area (Å²) in [5, 5.41) is 1.10. The van der Waals surface area contributed by atoms with Crippen molar-refractivity contribution in [3.05, 3.63) is 28.4 Å². The third-order valence-electron chi connectivity index (χ3n) is 2.16. The average Bonchev–Trinajstić information content (AvgIpc) is 2.45. The van der Waals surface area contributed by atoms with E-state index in [4.69, 9.17) is 9.15 Å². The molecule has 2 rings (SSSR count). The summed E-state index contributed by atoms with van der Waals surface area (Å²) in [6, 6.07) is 5.85. The van der Waals surface area contributed by atoms with E-state index in [2.05, 4.69) is 15.9 Å². The van der Waals surface area contributed by atoms with E-state index in [0.29, 0.717) is 6.61 Å². The smallest absolute Gasteiger partial charge is 0.173 e. The van der Waals surface area contributed by atoms with E-state index < -0.39 is 0 Å². The van der Waals surface area contributed by atoms with Gasteiger partial charge in [-0.25, -0.2) is 0 Å². The van der Waals surface area contributed by atoms with Crippen LogP contribution in [-0.2, 0) is 0 Å². The van der Waals surface area contributed by atoms with Gasteiger partial charge in [-0.15, -0.1) is 0 Å². The number of halogens is 1. The molecule has 0 fully saturated rings. The zero-order valence-electron chi connectivity index (χ0n) is 8.13. The van der Waals surface area contributed by atoms with Crippen LogP contribution in [0.25, 0.3) is 11.0 Å². The molecule has 0 unspecified atom stereocenters. The van der Waals surface area contributed by atoms with Gasteiger partial charge in [-0.05, 0) is 48.0 Å². The number of rotatable bonds is 2. The van der Waals surface area contributed by atoms with Gasteiger partial charge in [0.25, 0.3) is 0 Å². The fraction of sp³-hybridized carbons (Fsp3) is 0.273. The lowest BCUT2D eigenvalue weighted by molar-refractivity contribution is 0.340. The molecule has 1 aromatic carbocycles. The lowest BCUT2D eigenvalue weighted by Crippen LogP contribution is -1.90. The van der Waals surface area contributed by atoms with Crippen molar-refractivity contribution in [1.82, 2.24) is 0 Å². The molecule has 0 aliphatic rings. The second-order valence-corrected chi connectivity index (χ2v) is 3.81. The number of furan rings is 1. The molecule has 0 atom stereocenters. The summed E-state index contributed by atoms with van der Waals surface area (Å²) in [5.41, 5.74) is 2.00. The van der Waals surface area contributed by atoms with Crippen LogP contribution in [-0.4, -0.2) is 6.61 Å². The highest BCUT2D eigenvalue weighted by molar-refractivity contribution is 9.10. The molecule has 74 valence electrons. The summed E-state index contributed by atoms with van der Waals surface area (Å²) in [4.78, 5) is 0. The molecule has 1 aromatic heterocycles. The Kier molecular flexibility index (Phi) is 2.50. The minimum absolute atomic E-state index is 0.684. The van der Waals surface area contributed by atoms with Crippen LogP contribution in [0.4, 0.5) is 0 Å². The monoisotopic (exact) mass is 254 g/mol. The molecule has 1 heterocycles. The summed E-state index contributed by atoms with van der Waals surface area (Å²) in [5.74, 6) is 0.886. The van der Waals surface area contributed by atoms with Gasteiger partial charge < -0.3 is 9.15 Å². The Bertz CT molecular complexity index is 460. The van der Waals surface area contributed by atoms with Crippen LogP contribution in [0.2, 0.25) is 0 Å². The Hall–Kier alpha value is -0.960. The fourth-order valence-corrected chi connectivity index (χ4v) is 1.81. The van der Waals surface area contributed by atoms with Gasteiger partial charge in [0.05, 0.1) is 6.61 Å². The molecule has 0 aliphatic carbocycles. The lowest BCUT2D eigenvalue weighted by Gasteiger charge is -2.01. The molecule has 2 aromatic rings. The van der Waals surface area contributed by atoms with Crippen molar-refractivity contribution in [1.29, 1.82) is 0 Å². The van der Waals surface area contributed by atoms with E-state index >= 15 is 0 Å². The van der Waals surface area contributed by atoms with Gasteiger partial charge >= 0.3 is 0 Å². The molecule has 2 nitrogen and oxygen atoms in total. The minimum atomic E-state index is 0.684. The largest absolute Gasteiger partial charge is 0.494 e. The second kappa shape index (κ2) is 3.65. The van der Waals surface area contributed by atoms with Crippen LogP contribution >= 0.6 is 15.9 Å². The maximum Gasteiger partial charge on any atom is 0.173 e. The van der Waals surface area contributed by atoms with Gasteiger partial charge in [0, 0.05) is 10.9 Å². The van der Waals surface area contributed by atoms with Crippen LogP contribution in [0.15, 0.2) is 27.3 Å². The van der Waals surface area contributed by atoms with Crippen molar-refractivity contribution in [2.75, 3.05) is 6.61 Å². The van der Waals surface area contributed by atoms with E-state index in [1.165, 1.54) is 0 Å². The topological polar surface area (TPSA) is 22.4 Å². The molecular weight excluding hydrogens is 244 g/mol. The van der Waals surface area contributed by atoms with Crippen LogP contribution in [0.3, 0.4) is 0 Å². The first-order chi connectivity index (χ1) is 6.72. The molecule has 0 spiro atoms. The highest BCUT2D eigenvalue weighted by atomic mass is 79.9. The molecule has 0 saturated heterocycles. The summed E-state index contributed by atoms with van der Waals surface area (Å²) >= 11 is 3.36. The molecule has 0 amide bonds. The van der Waals surface area contributed by atoms with Crippen molar-refractivity contribution in [2.45, 2.75) is 13.8 Å². The first-order valence-corrected chi connectivity index (χ1v) is 5.33. The van der Waals surface area contributed by atoms with Crippen molar-refractivity contribution >= 4 is 26.9 Å². The highest BCUT2D eigenvalue weighted by Crippen LogP contribution is 2.31. The molecule has 14 heavy (non-hydrogen) atoms. The summed E-state index contributed by atoms with van der Waals surface area (Å²) in [7, 11) is 0. The molecule has 0 radical (unpaired) electrons. The van der Waals surface area contributed by atoms with Gasteiger partial charge in [-0.1, -0.05) is 0 Å². The molecule has 0 aliphatic heterocycles. The maximum absolute atomic E-state index is 5.49. The molecule has 3 heteroatoms. The number of benzene rings is 1. The quantitative estimate of drug-likeness (QED) is 0.811. The number of fused-ring (bicyclic) bond motifs is 1. The van der Waals surface area contributed by atoms with Gasteiger partial charge in [0.2, 0.25) is 0 Å². The Morgan fingerprint density at radius 3 is 2.93 bits per heavy atom. The Morgan fingerprint density at radius 1 is 1.43 bits per heavy atom. The standard InChI is InChI=1S/C11H11BrO2/c1-3-13-8-4-5-10-9(6-8)7(2)11(12)14-10/h4-6H,3H2,1-2H3. The van der Waals surface area contributed by atoms with Crippen LogP contribution < -0.4 is 4.74 Å².